The molecule has 1 unspecified atom stereocenters. The average Bonchev–Trinajstić information content (AvgIpc) is 2.09. The molecule has 0 radical (unpaired) electrons. The number of sulfone groups is 1. The van der Waals surface area contributed by atoms with Crippen molar-refractivity contribution in [3.63, 3.8) is 0 Å². The van der Waals surface area contributed by atoms with Crippen LogP contribution in [0.2, 0.25) is 0 Å². The van der Waals surface area contributed by atoms with Crippen molar-refractivity contribution < 1.29 is 13.2 Å². The first-order valence-electron chi connectivity index (χ1n) is 4.12. The van der Waals surface area contributed by atoms with Gasteiger partial charge < -0.3 is 0 Å². The Morgan fingerprint density at radius 1 is 1.57 bits per heavy atom. The van der Waals surface area contributed by atoms with Crippen LogP contribution in [-0.2, 0) is 14.6 Å². The zero-order chi connectivity index (χ0) is 11.2. The Bertz CT molecular complexity index is 277. The van der Waals surface area contributed by atoms with Crippen molar-refractivity contribution in [3.05, 3.63) is 0 Å². The van der Waals surface area contributed by atoms with E-state index in [1.54, 1.807) is 6.92 Å². The van der Waals surface area contributed by atoms with Gasteiger partial charge >= 0.3 is 0 Å². The highest BCUT2D eigenvalue weighted by molar-refractivity contribution is 8.00. The number of thioether (sulfide) groups is 1. The zero-order valence-corrected chi connectivity index (χ0v) is 9.95. The van der Waals surface area contributed by atoms with Crippen LogP contribution in [0.15, 0.2) is 0 Å². The molecule has 0 aromatic heterocycles. The molecular weight excluding hydrogens is 224 g/mol. The van der Waals surface area contributed by atoms with Gasteiger partial charge in [0, 0.05) is 23.7 Å². The van der Waals surface area contributed by atoms with Crippen molar-refractivity contribution >= 4 is 27.5 Å². The van der Waals surface area contributed by atoms with E-state index < -0.39 is 9.84 Å². The largest absolute Gasteiger partial charge is 0.294 e. The van der Waals surface area contributed by atoms with Gasteiger partial charge in [-0.05, 0) is 0 Å². The Hall–Kier alpha value is -0.270. The van der Waals surface area contributed by atoms with E-state index >= 15 is 0 Å². The van der Waals surface area contributed by atoms with Crippen molar-refractivity contribution in [3.8, 4) is 0 Å². The highest BCUT2D eigenvalue weighted by atomic mass is 32.2. The van der Waals surface area contributed by atoms with Crippen LogP contribution >= 0.6 is 11.8 Å². The van der Waals surface area contributed by atoms with E-state index in [1.807, 2.05) is 0 Å². The number of hydrogen-bond acceptors (Lipinski definition) is 5. The maximum absolute atomic E-state index is 10.9. The van der Waals surface area contributed by atoms with Crippen molar-refractivity contribution in [1.82, 2.24) is 5.43 Å². The summed E-state index contributed by atoms with van der Waals surface area (Å²) < 4.78 is 21.5. The molecule has 7 heteroatoms. The molecule has 1 atom stereocenters. The topological polar surface area (TPSA) is 89.3 Å². The quantitative estimate of drug-likeness (QED) is 0.280. The monoisotopic (exact) mass is 240 g/mol. The smallest absolute Gasteiger partial charge is 0.237 e. The van der Waals surface area contributed by atoms with Crippen LogP contribution < -0.4 is 11.3 Å². The molecule has 0 aliphatic carbocycles. The minimum Gasteiger partial charge on any atom is -0.294 e. The molecular formula is C7H16N2O3S2. The molecule has 0 aromatic rings. The molecule has 0 spiro atoms. The molecule has 0 heterocycles. The van der Waals surface area contributed by atoms with Crippen LogP contribution in [-0.4, -0.2) is 37.8 Å². The van der Waals surface area contributed by atoms with Crippen molar-refractivity contribution in [2.45, 2.75) is 6.92 Å². The van der Waals surface area contributed by atoms with Crippen molar-refractivity contribution in [1.29, 1.82) is 0 Å². The van der Waals surface area contributed by atoms with Gasteiger partial charge in [-0.3, -0.25) is 10.2 Å². The Morgan fingerprint density at radius 3 is 2.57 bits per heavy atom. The van der Waals surface area contributed by atoms with Gasteiger partial charge in [0.25, 0.3) is 0 Å². The van der Waals surface area contributed by atoms with E-state index in [0.717, 1.165) is 0 Å². The number of hydrogen-bond donors (Lipinski definition) is 2. The predicted octanol–water partition coefficient (Wildman–Crippen LogP) is -0.610. The molecule has 14 heavy (non-hydrogen) atoms. The van der Waals surface area contributed by atoms with Crippen LogP contribution in [0, 0.1) is 5.92 Å². The fourth-order valence-electron chi connectivity index (χ4n) is 0.688. The maximum Gasteiger partial charge on any atom is 0.237 e. The maximum atomic E-state index is 10.9. The Labute approximate surface area is 88.7 Å². The van der Waals surface area contributed by atoms with E-state index in [1.165, 1.54) is 18.0 Å². The summed E-state index contributed by atoms with van der Waals surface area (Å²) in [4.78, 5) is 10.9. The first-order valence-corrected chi connectivity index (χ1v) is 7.34. The van der Waals surface area contributed by atoms with Crippen LogP contribution in [0.4, 0.5) is 0 Å². The molecule has 0 saturated heterocycles. The first-order chi connectivity index (χ1) is 6.37. The lowest BCUT2D eigenvalue weighted by atomic mass is 10.2. The highest BCUT2D eigenvalue weighted by Crippen LogP contribution is 2.08. The van der Waals surface area contributed by atoms with E-state index in [2.05, 4.69) is 5.43 Å². The second-order valence-corrected chi connectivity index (χ2v) is 6.52. The second-order valence-electron chi connectivity index (χ2n) is 3.11. The number of carbonyl (C=O) groups is 1. The minimum absolute atomic E-state index is 0.147. The molecule has 0 aromatic carbocycles. The summed E-state index contributed by atoms with van der Waals surface area (Å²) in [7, 11) is -2.89. The summed E-state index contributed by atoms with van der Waals surface area (Å²) in [5.41, 5.74) is 2.05. The summed E-state index contributed by atoms with van der Waals surface area (Å²) in [6, 6.07) is 0. The number of nitrogens with two attached hydrogens (primary N) is 1. The fraction of sp³-hybridized carbons (Fsp3) is 0.857. The lowest BCUT2D eigenvalue weighted by Gasteiger charge is -2.08. The van der Waals surface area contributed by atoms with Crippen LogP contribution in [0.5, 0.6) is 0 Å². The van der Waals surface area contributed by atoms with E-state index in [9.17, 15) is 13.2 Å². The normalized spacial score (nSPS) is 13.6. The van der Waals surface area contributed by atoms with E-state index in [0.29, 0.717) is 11.5 Å². The summed E-state index contributed by atoms with van der Waals surface area (Å²) in [6.07, 6.45) is 1.20. The summed E-state index contributed by atoms with van der Waals surface area (Å²) >= 11 is 1.44. The molecule has 0 bridgehead atoms. The number of carbonyl (C=O) groups excluding carboxylic acids is 1. The number of hydrazine groups is 1. The SMILES string of the molecule is CC(CSCCS(C)(=O)=O)C(=O)NN. The van der Waals surface area contributed by atoms with Gasteiger partial charge in [-0.1, -0.05) is 6.92 Å². The first kappa shape index (κ1) is 13.7. The molecule has 3 N–H and O–H groups in total. The predicted molar refractivity (Wildman–Crippen MR) is 58.5 cm³/mol. The third-order valence-corrected chi connectivity index (χ3v) is 3.99. The Balaban J connectivity index is 3.60. The molecule has 0 rings (SSSR count). The van der Waals surface area contributed by atoms with Gasteiger partial charge in [0.2, 0.25) is 5.91 Å². The minimum atomic E-state index is -2.89. The standard InChI is InChI=1S/C7H16N2O3S2/c1-6(7(10)9-8)5-13-3-4-14(2,11)12/h6H,3-5,8H2,1-2H3,(H,9,10). The highest BCUT2D eigenvalue weighted by Gasteiger charge is 2.11. The Kier molecular flexibility index (Phi) is 6.14. The van der Waals surface area contributed by atoms with Crippen LogP contribution in [0.1, 0.15) is 6.92 Å². The van der Waals surface area contributed by atoms with Gasteiger partial charge in [-0.25, -0.2) is 14.3 Å². The van der Waals surface area contributed by atoms with Gasteiger partial charge in [0.05, 0.1) is 5.75 Å². The molecule has 0 aliphatic heterocycles. The van der Waals surface area contributed by atoms with Crippen LogP contribution in [0.3, 0.4) is 0 Å². The van der Waals surface area contributed by atoms with Gasteiger partial charge in [0.1, 0.15) is 9.84 Å². The lowest BCUT2D eigenvalue weighted by molar-refractivity contribution is -0.123. The number of rotatable bonds is 6. The molecule has 0 saturated carbocycles. The lowest BCUT2D eigenvalue weighted by Crippen LogP contribution is -2.35. The fourth-order valence-corrected chi connectivity index (χ4v) is 3.04. The van der Waals surface area contributed by atoms with Crippen molar-refractivity contribution in [2.75, 3.05) is 23.5 Å². The Morgan fingerprint density at radius 2 is 2.14 bits per heavy atom. The third kappa shape index (κ3) is 7.16. The van der Waals surface area contributed by atoms with Gasteiger partial charge in [-0.2, -0.15) is 11.8 Å². The van der Waals surface area contributed by atoms with Gasteiger partial charge in [-0.15, -0.1) is 0 Å². The molecule has 0 aliphatic rings. The molecule has 0 fully saturated rings. The second kappa shape index (κ2) is 6.26. The average molecular weight is 240 g/mol. The summed E-state index contributed by atoms with van der Waals surface area (Å²) in [5.74, 6) is 5.77. The molecule has 1 amide bonds. The molecule has 84 valence electrons. The zero-order valence-electron chi connectivity index (χ0n) is 8.32. The van der Waals surface area contributed by atoms with Crippen LogP contribution in [0.25, 0.3) is 0 Å². The van der Waals surface area contributed by atoms with Gasteiger partial charge in [0.15, 0.2) is 0 Å². The third-order valence-electron chi connectivity index (χ3n) is 1.56. The van der Waals surface area contributed by atoms with E-state index in [-0.39, 0.29) is 17.6 Å². The summed E-state index contributed by atoms with van der Waals surface area (Å²) in [6.45, 7) is 1.75. The molecule has 5 nitrogen and oxygen atoms in total. The number of nitrogens with one attached hydrogen (secondary N) is 1. The van der Waals surface area contributed by atoms with Crippen molar-refractivity contribution in [2.24, 2.45) is 11.8 Å². The number of amides is 1. The van der Waals surface area contributed by atoms with E-state index in [4.69, 9.17) is 5.84 Å². The summed E-state index contributed by atoms with van der Waals surface area (Å²) in [5, 5.41) is 0.